The van der Waals surface area contributed by atoms with Gasteiger partial charge in [0.1, 0.15) is 0 Å². The number of anilines is 1. The minimum absolute atomic E-state index is 0.123. The molecular formula is C21H23NO5. The fourth-order valence-electron chi connectivity index (χ4n) is 3.51. The van der Waals surface area contributed by atoms with Gasteiger partial charge in [0, 0.05) is 11.7 Å². The predicted molar refractivity (Wildman–Crippen MR) is 101 cm³/mol. The van der Waals surface area contributed by atoms with Crippen LogP contribution < -0.4 is 14.4 Å². The van der Waals surface area contributed by atoms with Crippen molar-refractivity contribution in [2.45, 2.75) is 25.3 Å². The van der Waals surface area contributed by atoms with Crippen LogP contribution in [0.2, 0.25) is 0 Å². The minimum Gasteiger partial charge on any atom is -0.493 e. The van der Waals surface area contributed by atoms with Gasteiger partial charge in [-0.15, -0.1) is 0 Å². The molecule has 0 N–H and O–H groups in total. The maximum absolute atomic E-state index is 12.9. The first-order valence-electron chi connectivity index (χ1n) is 8.81. The van der Waals surface area contributed by atoms with Gasteiger partial charge in [-0.3, -0.25) is 9.59 Å². The molecule has 0 aromatic heterocycles. The smallest absolute Gasteiger partial charge is 0.313 e. The maximum atomic E-state index is 12.9. The van der Waals surface area contributed by atoms with Crippen molar-refractivity contribution in [3.05, 3.63) is 54.1 Å². The van der Waals surface area contributed by atoms with Crippen LogP contribution in [0.5, 0.6) is 11.5 Å². The van der Waals surface area contributed by atoms with E-state index in [2.05, 4.69) is 0 Å². The monoisotopic (exact) mass is 369 g/mol. The Hall–Kier alpha value is -3.02. The van der Waals surface area contributed by atoms with E-state index >= 15 is 0 Å². The molecule has 2 aromatic carbocycles. The summed E-state index contributed by atoms with van der Waals surface area (Å²) in [7, 11) is 2.94. The van der Waals surface area contributed by atoms with Crippen molar-refractivity contribution in [2.75, 3.05) is 25.7 Å². The van der Waals surface area contributed by atoms with Gasteiger partial charge in [-0.2, -0.15) is 0 Å². The highest BCUT2D eigenvalue weighted by molar-refractivity contribution is 5.98. The fraction of sp³-hybridized carbons (Fsp3) is 0.333. The number of amides is 1. The summed E-state index contributed by atoms with van der Waals surface area (Å²) in [5.41, 5.74) is 1.52. The van der Waals surface area contributed by atoms with Crippen LogP contribution in [0.3, 0.4) is 0 Å². The largest absolute Gasteiger partial charge is 0.493 e. The number of benzene rings is 2. The first-order valence-corrected chi connectivity index (χ1v) is 8.81. The Kier molecular flexibility index (Phi) is 5.64. The summed E-state index contributed by atoms with van der Waals surface area (Å²) < 4.78 is 15.9. The Morgan fingerprint density at radius 1 is 1.04 bits per heavy atom. The maximum Gasteiger partial charge on any atom is 0.313 e. The molecule has 0 saturated carbocycles. The van der Waals surface area contributed by atoms with Crippen molar-refractivity contribution >= 4 is 17.6 Å². The lowest BCUT2D eigenvalue weighted by molar-refractivity contribution is -0.143. The molecule has 1 aliphatic rings. The van der Waals surface area contributed by atoms with E-state index < -0.39 is 0 Å². The lowest BCUT2D eigenvalue weighted by Crippen LogP contribution is -2.46. The van der Waals surface area contributed by atoms with E-state index in [1.807, 2.05) is 43.3 Å². The quantitative estimate of drug-likeness (QED) is 0.758. The summed E-state index contributed by atoms with van der Waals surface area (Å²) in [6, 6.07) is 14.5. The Balaban J connectivity index is 1.82. The van der Waals surface area contributed by atoms with E-state index in [9.17, 15) is 9.59 Å². The molecule has 6 nitrogen and oxygen atoms in total. The lowest BCUT2D eigenvalue weighted by atomic mass is 9.86. The van der Waals surface area contributed by atoms with Crippen LogP contribution in [-0.4, -0.2) is 38.7 Å². The zero-order valence-electron chi connectivity index (χ0n) is 15.7. The number of hydrogen-bond donors (Lipinski definition) is 0. The molecule has 2 unspecified atom stereocenters. The second-order valence-electron chi connectivity index (χ2n) is 6.42. The molecule has 2 atom stereocenters. The van der Waals surface area contributed by atoms with E-state index in [1.54, 1.807) is 24.1 Å². The number of ether oxygens (including phenoxy) is 3. The summed E-state index contributed by atoms with van der Waals surface area (Å²) in [6.07, 6.45) is 0.504. The number of carbonyl (C=O) groups excluding carboxylic acids is 2. The van der Waals surface area contributed by atoms with Gasteiger partial charge in [0.2, 0.25) is 0 Å². The second-order valence-corrected chi connectivity index (χ2v) is 6.42. The molecule has 0 fully saturated rings. The first kappa shape index (κ1) is 18.8. The van der Waals surface area contributed by atoms with Gasteiger partial charge in [-0.1, -0.05) is 30.3 Å². The highest BCUT2D eigenvalue weighted by atomic mass is 16.5. The minimum atomic E-state index is -0.375. The summed E-state index contributed by atoms with van der Waals surface area (Å²) in [6.45, 7) is 1.80. The van der Waals surface area contributed by atoms with Crippen LogP contribution in [0.15, 0.2) is 48.5 Å². The van der Waals surface area contributed by atoms with Crippen LogP contribution in [0, 0.1) is 0 Å². The van der Waals surface area contributed by atoms with Crippen molar-refractivity contribution in [3.8, 4) is 11.5 Å². The van der Waals surface area contributed by atoms with E-state index in [4.69, 9.17) is 14.2 Å². The second kappa shape index (κ2) is 8.12. The molecule has 0 spiro atoms. The summed E-state index contributed by atoms with van der Waals surface area (Å²) in [5.74, 6) is 0.248. The zero-order chi connectivity index (χ0) is 19.4. The molecule has 1 heterocycles. The standard InChI is InChI=1S/C21H23NO5/c1-14-12-16(21(24)26-3)15-8-4-5-9-17(15)22(14)20(23)13-27-19-11-7-6-10-18(19)25-2/h4-11,14,16H,12-13H2,1-3H3. The third-order valence-corrected chi connectivity index (χ3v) is 4.76. The SMILES string of the molecule is COC(=O)C1CC(C)N(C(=O)COc2ccccc2OC)c2ccccc21. The van der Waals surface area contributed by atoms with Crippen LogP contribution >= 0.6 is 0 Å². The number of methoxy groups -OCH3 is 2. The Morgan fingerprint density at radius 2 is 1.70 bits per heavy atom. The van der Waals surface area contributed by atoms with Crippen molar-refractivity contribution in [1.29, 1.82) is 0 Å². The van der Waals surface area contributed by atoms with Crippen LogP contribution in [-0.2, 0) is 14.3 Å². The van der Waals surface area contributed by atoms with Crippen molar-refractivity contribution in [1.82, 2.24) is 0 Å². The van der Waals surface area contributed by atoms with Gasteiger partial charge in [0.25, 0.3) is 5.91 Å². The molecule has 0 radical (unpaired) electrons. The van der Waals surface area contributed by atoms with E-state index in [0.717, 1.165) is 11.3 Å². The third-order valence-electron chi connectivity index (χ3n) is 4.76. The molecule has 1 aliphatic heterocycles. The highest BCUT2D eigenvalue weighted by Gasteiger charge is 2.37. The van der Waals surface area contributed by atoms with Crippen molar-refractivity contribution < 1.29 is 23.8 Å². The van der Waals surface area contributed by atoms with Crippen molar-refractivity contribution in [2.24, 2.45) is 0 Å². The average molecular weight is 369 g/mol. The van der Waals surface area contributed by atoms with Crippen LogP contribution in [0.25, 0.3) is 0 Å². The molecule has 0 saturated heterocycles. The predicted octanol–water partition coefficient (Wildman–Crippen LogP) is 3.16. The molecule has 1 amide bonds. The average Bonchev–Trinajstić information content (AvgIpc) is 2.71. The molecule has 142 valence electrons. The number of nitrogens with zero attached hydrogens (tertiary/aromatic N) is 1. The van der Waals surface area contributed by atoms with Gasteiger partial charge in [0.05, 0.1) is 20.1 Å². The fourth-order valence-corrected chi connectivity index (χ4v) is 3.51. The van der Waals surface area contributed by atoms with Crippen LogP contribution in [0.4, 0.5) is 5.69 Å². The number of para-hydroxylation sites is 3. The van der Waals surface area contributed by atoms with Gasteiger partial charge in [-0.05, 0) is 37.1 Å². The summed E-state index contributed by atoms with van der Waals surface area (Å²) >= 11 is 0. The first-order chi connectivity index (χ1) is 13.1. The summed E-state index contributed by atoms with van der Waals surface area (Å²) in [4.78, 5) is 26.8. The van der Waals surface area contributed by atoms with Gasteiger partial charge >= 0.3 is 5.97 Å². The van der Waals surface area contributed by atoms with E-state index in [-0.39, 0.29) is 30.4 Å². The zero-order valence-corrected chi connectivity index (χ0v) is 15.7. The number of rotatable bonds is 5. The molecule has 0 bridgehead atoms. The van der Waals surface area contributed by atoms with E-state index in [1.165, 1.54) is 7.11 Å². The lowest BCUT2D eigenvalue weighted by Gasteiger charge is -2.38. The Bertz CT molecular complexity index is 835. The highest BCUT2D eigenvalue weighted by Crippen LogP contribution is 2.39. The normalized spacial score (nSPS) is 18.4. The third kappa shape index (κ3) is 3.74. The number of fused-ring (bicyclic) bond motifs is 1. The Morgan fingerprint density at radius 3 is 2.41 bits per heavy atom. The van der Waals surface area contributed by atoms with Crippen LogP contribution in [0.1, 0.15) is 24.8 Å². The topological polar surface area (TPSA) is 65.1 Å². The molecular weight excluding hydrogens is 346 g/mol. The molecule has 2 aromatic rings. The molecule has 27 heavy (non-hydrogen) atoms. The molecule has 0 aliphatic carbocycles. The number of carbonyl (C=O) groups is 2. The van der Waals surface area contributed by atoms with E-state index in [0.29, 0.717) is 17.9 Å². The van der Waals surface area contributed by atoms with Gasteiger partial charge in [-0.25, -0.2) is 0 Å². The van der Waals surface area contributed by atoms with Crippen molar-refractivity contribution in [3.63, 3.8) is 0 Å². The number of esters is 1. The Labute approximate surface area is 158 Å². The molecule has 6 heteroatoms. The molecule has 3 rings (SSSR count). The van der Waals surface area contributed by atoms with Gasteiger partial charge < -0.3 is 19.1 Å². The number of hydrogen-bond acceptors (Lipinski definition) is 5. The summed E-state index contributed by atoms with van der Waals surface area (Å²) in [5, 5.41) is 0. The van der Waals surface area contributed by atoms with Gasteiger partial charge in [0.15, 0.2) is 18.1 Å².